The molecule has 0 aromatic heterocycles. The topological polar surface area (TPSA) is 99.2 Å². The summed E-state index contributed by atoms with van der Waals surface area (Å²) < 4.78 is 43.4. The number of unbranched alkanes of at least 4 members (excludes halogenated alkanes) is 2. The molecule has 0 saturated carbocycles. The number of sulfone groups is 1. The van der Waals surface area contributed by atoms with Gasteiger partial charge < -0.3 is 19.1 Å². The lowest BCUT2D eigenvalue weighted by Crippen LogP contribution is -2.38. The minimum absolute atomic E-state index is 0.0764. The molecule has 1 aliphatic heterocycles. The van der Waals surface area contributed by atoms with Crippen molar-refractivity contribution in [1.82, 2.24) is 0 Å². The number of anilines is 2. The SMILES string of the molecule is CCCCC1(CCCC)CN(c2ccc(Cl)cc2)c2cc(SC)c(OCC(=O)OCC)cc2S(=O)(=O)C1.CCOC(=O)CBr. The zero-order chi connectivity index (χ0) is 32.8. The van der Waals surface area contributed by atoms with Crippen LogP contribution in [0.25, 0.3) is 0 Å². The Labute approximate surface area is 280 Å². The van der Waals surface area contributed by atoms with Gasteiger partial charge in [0.15, 0.2) is 16.4 Å². The van der Waals surface area contributed by atoms with Crippen LogP contribution in [0.1, 0.15) is 66.2 Å². The molecule has 0 fully saturated rings. The van der Waals surface area contributed by atoms with Gasteiger partial charge in [-0.1, -0.05) is 67.1 Å². The smallest absolute Gasteiger partial charge is 0.344 e. The molecular formula is C32H45BrClNO7S2. The Balaban J connectivity index is 0.000000860. The first kappa shape index (κ1) is 38.2. The highest BCUT2D eigenvalue weighted by molar-refractivity contribution is 9.09. The van der Waals surface area contributed by atoms with Crippen LogP contribution in [0.3, 0.4) is 0 Å². The van der Waals surface area contributed by atoms with E-state index in [4.69, 9.17) is 21.1 Å². The number of esters is 2. The fourth-order valence-corrected chi connectivity index (χ4v) is 8.08. The molecular weight excluding hydrogens is 690 g/mol. The molecule has 3 rings (SSSR count). The summed E-state index contributed by atoms with van der Waals surface area (Å²) in [6.45, 7) is 8.82. The van der Waals surface area contributed by atoms with Gasteiger partial charge in [0, 0.05) is 28.7 Å². The van der Waals surface area contributed by atoms with E-state index in [2.05, 4.69) is 39.4 Å². The fourth-order valence-electron chi connectivity index (χ4n) is 5.13. The molecule has 1 aliphatic rings. The number of ether oxygens (including phenoxy) is 3. The number of fused-ring (bicyclic) bond motifs is 1. The molecule has 0 aliphatic carbocycles. The number of halogens is 2. The summed E-state index contributed by atoms with van der Waals surface area (Å²) in [4.78, 5) is 25.2. The Hall–Kier alpha value is -1.95. The molecule has 8 nitrogen and oxygen atoms in total. The van der Waals surface area contributed by atoms with Crippen LogP contribution in [0.5, 0.6) is 5.75 Å². The van der Waals surface area contributed by atoms with Crippen LogP contribution in [0.15, 0.2) is 46.2 Å². The number of hydrogen-bond acceptors (Lipinski definition) is 9. The molecule has 0 saturated heterocycles. The Bertz CT molecular complexity index is 1310. The quantitative estimate of drug-likeness (QED) is 0.108. The number of benzene rings is 2. The maximum Gasteiger partial charge on any atom is 0.344 e. The molecule has 0 bridgehead atoms. The average molecular weight is 735 g/mol. The van der Waals surface area contributed by atoms with E-state index in [9.17, 15) is 18.0 Å². The first-order valence-corrected chi connectivity index (χ1v) is 19.3. The number of carbonyl (C=O) groups is 2. The number of thioether (sulfide) groups is 1. The van der Waals surface area contributed by atoms with Gasteiger partial charge in [0.25, 0.3) is 0 Å². The van der Waals surface area contributed by atoms with Crippen molar-refractivity contribution in [3.63, 3.8) is 0 Å². The second kappa shape index (κ2) is 18.9. The summed E-state index contributed by atoms with van der Waals surface area (Å²) in [5, 5.41) is 0.920. The third kappa shape index (κ3) is 11.1. The number of nitrogens with zero attached hydrogens (tertiary/aromatic N) is 1. The maximum absolute atomic E-state index is 14.1. The molecule has 1 heterocycles. The minimum Gasteiger partial charge on any atom is -0.481 e. The van der Waals surface area contributed by atoms with E-state index in [1.54, 1.807) is 19.9 Å². The minimum atomic E-state index is -3.67. The predicted molar refractivity (Wildman–Crippen MR) is 183 cm³/mol. The Morgan fingerprint density at radius 3 is 2.07 bits per heavy atom. The van der Waals surface area contributed by atoms with Gasteiger partial charge in [-0.25, -0.2) is 13.2 Å². The van der Waals surface area contributed by atoms with Crippen molar-refractivity contribution in [1.29, 1.82) is 0 Å². The monoisotopic (exact) mass is 733 g/mol. The molecule has 0 unspecified atom stereocenters. The van der Waals surface area contributed by atoms with Gasteiger partial charge in [0.05, 0.1) is 34.4 Å². The largest absolute Gasteiger partial charge is 0.481 e. The maximum atomic E-state index is 14.1. The standard InChI is InChI=1S/C28H38ClNO5S2.C4H7BrO2/c1-5-8-14-28(15-9-6-2)19-30(22-12-10-21(29)11-13-22)23-16-25(36-4)24(35-18-27(31)34-7-3)17-26(23)37(32,33)20-28;1-2-7-4(6)3-5/h10-13,16-17H,5-9,14-15,18-20H2,1-4H3;2-3H2,1H3. The highest BCUT2D eigenvalue weighted by atomic mass is 79.9. The van der Waals surface area contributed by atoms with Crippen LogP contribution >= 0.6 is 39.3 Å². The zero-order valence-corrected chi connectivity index (χ0v) is 30.3. The molecule has 246 valence electrons. The van der Waals surface area contributed by atoms with E-state index < -0.39 is 21.2 Å². The van der Waals surface area contributed by atoms with Gasteiger partial charge in [-0.15, -0.1) is 11.8 Å². The zero-order valence-electron chi connectivity index (χ0n) is 26.3. The average Bonchev–Trinajstić information content (AvgIpc) is 3.10. The molecule has 12 heteroatoms. The summed E-state index contributed by atoms with van der Waals surface area (Å²) >= 11 is 10.6. The van der Waals surface area contributed by atoms with Crippen LogP contribution < -0.4 is 9.64 Å². The number of hydrogen-bond donors (Lipinski definition) is 0. The number of carbonyl (C=O) groups excluding carboxylic acids is 2. The highest BCUT2D eigenvalue weighted by Gasteiger charge is 2.42. The fraction of sp³-hybridized carbons (Fsp3) is 0.562. The van der Waals surface area contributed by atoms with Crippen molar-refractivity contribution in [3.05, 3.63) is 41.4 Å². The Morgan fingerprint density at radius 1 is 0.977 bits per heavy atom. The van der Waals surface area contributed by atoms with E-state index in [0.29, 0.717) is 34.9 Å². The molecule has 0 radical (unpaired) electrons. The van der Waals surface area contributed by atoms with Crippen molar-refractivity contribution in [3.8, 4) is 5.75 Å². The Kier molecular flexibility index (Phi) is 16.4. The molecule has 0 N–H and O–H groups in total. The van der Waals surface area contributed by atoms with Gasteiger partial charge in [0.2, 0.25) is 0 Å². The van der Waals surface area contributed by atoms with E-state index in [0.717, 1.165) is 49.1 Å². The summed E-state index contributed by atoms with van der Waals surface area (Å²) in [5.41, 5.74) is 1.13. The summed E-state index contributed by atoms with van der Waals surface area (Å²) in [6.07, 6.45) is 7.52. The number of alkyl halides is 1. The molecule has 0 spiro atoms. The first-order chi connectivity index (χ1) is 21.0. The molecule has 2 aromatic rings. The van der Waals surface area contributed by atoms with E-state index in [1.807, 2.05) is 36.6 Å². The predicted octanol–water partition coefficient (Wildman–Crippen LogP) is 8.24. The van der Waals surface area contributed by atoms with Crippen molar-refractivity contribution in [2.75, 3.05) is 48.6 Å². The molecule has 0 atom stereocenters. The van der Waals surface area contributed by atoms with Crippen molar-refractivity contribution < 1.29 is 32.2 Å². The summed E-state index contributed by atoms with van der Waals surface area (Å²) in [6, 6.07) is 11.0. The number of rotatable bonds is 14. The van der Waals surface area contributed by atoms with Crippen molar-refractivity contribution in [2.24, 2.45) is 5.41 Å². The Morgan fingerprint density at radius 2 is 1.57 bits per heavy atom. The lowest BCUT2D eigenvalue weighted by Gasteiger charge is -2.37. The lowest BCUT2D eigenvalue weighted by atomic mass is 9.79. The third-order valence-electron chi connectivity index (χ3n) is 7.19. The third-order valence-corrected chi connectivity index (χ3v) is 10.6. The normalized spacial score (nSPS) is 14.8. The van der Waals surface area contributed by atoms with Gasteiger partial charge >= 0.3 is 11.9 Å². The van der Waals surface area contributed by atoms with Crippen LogP contribution in [-0.2, 0) is 28.9 Å². The van der Waals surface area contributed by atoms with Crippen LogP contribution in [0.2, 0.25) is 5.02 Å². The van der Waals surface area contributed by atoms with Crippen molar-refractivity contribution >= 4 is 72.4 Å². The van der Waals surface area contributed by atoms with Crippen LogP contribution in [-0.4, -0.2) is 64.1 Å². The molecule has 44 heavy (non-hydrogen) atoms. The van der Waals surface area contributed by atoms with Crippen molar-refractivity contribution in [2.45, 2.75) is 76.0 Å². The second-order valence-corrected chi connectivity index (χ2v) is 14.3. The summed E-state index contributed by atoms with van der Waals surface area (Å²) in [7, 11) is -3.67. The van der Waals surface area contributed by atoms with E-state index >= 15 is 0 Å². The van der Waals surface area contributed by atoms with Crippen LogP contribution in [0.4, 0.5) is 11.4 Å². The van der Waals surface area contributed by atoms with Gasteiger partial charge in [0.1, 0.15) is 11.1 Å². The molecule has 2 aromatic carbocycles. The van der Waals surface area contributed by atoms with E-state index in [-0.39, 0.29) is 29.8 Å². The van der Waals surface area contributed by atoms with Gasteiger partial charge in [-0.2, -0.15) is 0 Å². The summed E-state index contributed by atoms with van der Waals surface area (Å²) in [5.74, 6) is -0.253. The second-order valence-electron chi connectivity index (χ2n) is 10.5. The van der Waals surface area contributed by atoms with E-state index in [1.165, 1.54) is 11.8 Å². The lowest BCUT2D eigenvalue weighted by molar-refractivity contribution is -0.145. The first-order valence-electron chi connectivity index (χ1n) is 15.0. The highest BCUT2D eigenvalue weighted by Crippen LogP contribution is 2.47. The van der Waals surface area contributed by atoms with Crippen LogP contribution in [0, 0.1) is 5.41 Å². The molecule has 0 amide bonds. The van der Waals surface area contributed by atoms with Gasteiger partial charge in [-0.3, -0.25) is 4.79 Å². The van der Waals surface area contributed by atoms with Gasteiger partial charge in [-0.05, 0) is 63.3 Å².